The van der Waals surface area contributed by atoms with Crippen LogP contribution in [0.4, 0.5) is 0 Å². The lowest BCUT2D eigenvalue weighted by molar-refractivity contribution is 0.0850. The number of nitrogens with zero attached hydrogens (tertiary/aromatic N) is 3. The number of hydrogen-bond donors (Lipinski definition) is 0. The fourth-order valence-corrected chi connectivity index (χ4v) is 3.82. The van der Waals surface area contributed by atoms with Gasteiger partial charge in [-0.25, -0.2) is 4.31 Å². The van der Waals surface area contributed by atoms with Gasteiger partial charge in [-0.2, -0.15) is 0 Å². The molecular formula is C11H23N3S2. The van der Waals surface area contributed by atoms with Crippen LogP contribution in [0.15, 0.2) is 0 Å². The second-order valence-corrected chi connectivity index (χ2v) is 7.73. The van der Waals surface area contributed by atoms with E-state index in [0.717, 1.165) is 6.04 Å². The summed E-state index contributed by atoms with van der Waals surface area (Å²) >= 11 is 5.34. The van der Waals surface area contributed by atoms with E-state index >= 15 is 0 Å². The van der Waals surface area contributed by atoms with E-state index in [-0.39, 0.29) is 9.64 Å². The van der Waals surface area contributed by atoms with Crippen molar-refractivity contribution in [3.8, 4) is 0 Å². The van der Waals surface area contributed by atoms with Gasteiger partial charge in [0, 0.05) is 51.6 Å². The van der Waals surface area contributed by atoms with Gasteiger partial charge in [-0.3, -0.25) is 4.90 Å². The normalized spacial score (nSPS) is 29.4. The molecule has 2 fully saturated rings. The molecule has 0 saturated carbocycles. The molecule has 0 bridgehead atoms. The molecule has 0 aliphatic carbocycles. The second-order valence-electron chi connectivity index (χ2n) is 4.92. The van der Waals surface area contributed by atoms with Crippen molar-refractivity contribution in [1.29, 1.82) is 0 Å². The summed E-state index contributed by atoms with van der Waals surface area (Å²) in [5.74, 6) is 0. The van der Waals surface area contributed by atoms with E-state index in [4.69, 9.17) is 11.2 Å². The molecule has 0 N–H and O–H groups in total. The fourth-order valence-electron chi connectivity index (χ4n) is 2.65. The summed E-state index contributed by atoms with van der Waals surface area (Å²) in [5, 5.41) is 0. The highest BCUT2D eigenvalue weighted by Crippen LogP contribution is 2.18. The average Bonchev–Trinajstić information content (AvgIpc) is 2.30. The number of hydrogen-bond acceptors (Lipinski definition) is 3. The van der Waals surface area contributed by atoms with Gasteiger partial charge in [0.2, 0.25) is 0 Å². The minimum Gasteiger partial charge on any atom is -0.304 e. The van der Waals surface area contributed by atoms with E-state index in [2.05, 4.69) is 27.4 Å². The van der Waals surface area contributed by atoms with Gasteiger partial charge in [0.25, 0.3) is 0 Å². The van der Waals surface area contributed by atoms with Crippen molar-refractivity contribution in [3.63, 3.8) is 0 Å². The molecule has 0 radical (unpaired) electrons. The lowest BCUT2D eigenvalue weighted by Gasteiger charge is -2.41. The summed E-state index contributed by atoms with van der Waals surface area (Å²) in [7, 11) is 2.28. The Bertz CT molecular complexity index is 244. The Morgan fingerprint density at radius 1 is 1.00 bits per heavy atom. The molecule has 5 heteroatoms. The van der Waals surface area contributed by atoms with Gasteiger partial charge in [-0.15, -0.1) is 0 Å². The second kappa shape index (κ2) is 5.87. The van der Waals surface area contributed by atoms with Crippen LogP contribution in [0.1, 0.15) is 12.8 Å². The molecule has 2 aliphatic rings. The maximum atomic E-state index is 5.34. The molecule has 0 aromatic rings. The Labute approximate surface area is 106 Å². The van der Waals surface area contributed by atoms with Crippen molar-refractivity contribution >= 4 is 20.8 Å². The van der Waals surface area contributed by atoms with Crippen molar-refractivity contribution in [1.82, 2.24) is 14.1 Å². The van der Waals surface area contributed by atoms with Crippen molar-refractivity contribution in [2.75, 3.05) is 52.6 Å². The van der Waals surface area contributed by atoms with Gasteiger partial charge in [-0.05, 0) is 31.1 Å². The summed E-state index contributed by atoms with van der Waals surface area (Å²) in [6.07, 6.45) is 4.79. The van der Waals surface area contributed by atoms with Crippen LogP contribution in [0.5, 0.6) is 0 Å². The number of piperidine rings is 1. The molecule has 0 amide bonds. The van der Waals surface area contributed by atoms with Crippen LogP contribution in [0.3, 0.4) is 0 Å². The smallest absolute Gasteiger partial charge is 0.0121 e. The third-order valence-corrected chi connectivity index (χ3v) is 5.57. The molecule has 2 aliphatic heterocycles. The first-order chi connectivity index (χ1) is 7.66. The summed E-state index contributed by atoms with van der Waals surface area (Å²) in [5.41, 5.74) is 0. The molecule has 94 valence electrons. The lowest BCUT2D eigenvalue weighted by Crippen LogP contribution is -2.52. The topological polar surface area (TPSA) is 9.72 Å². The first kappa shape index (κ1) is 12.9. The Morgan fingerprint density at radius 3 is 2.06 bits per heavy atom. The first-order valence-electron chi connectivity index (χ1n) is 6.18. The molecule has 16 heavy (non-hydrogen) atoms. The van der Waals surface area contributed by atoms with Crippen LogP contribution < -0.4 is 0 Å². The summed E-state index contributed by atoms with van der Waals surface area (Å²) in [4.78, 5) is 5.12. The van der Waals surface area contributed by atoms with E-state index in [1.54, 1.807) is 0 Å². The Hall–Kier alpha value is 0.450. The zero-order valence-corrected chi connectivity index (χ0v) is 12.0. The van der Waals surface area contributed by atoms with Crippen LogP contribution in [0.25, 0.3) is 0 Å². The van der Waals surface area contributed by atoms with Crippen molar-refractivity contribution in [2.45, 2.75) is 18.9 Å². The van der Waals surface area contributed by atoms with Crippen molar-refractivity contribution in [2.24, 2.45) is 0 Å². The Morgan fingerprint density at radius 2 is 1.56 bits per heavy atom. The van der Waals surface area contributed by atoms with E-state index in [0.29, 0.717) is 0 Å². The third-order valence-electron chi connectivity index (χ3n) is 3.84. The quantitative estimate of drug-likeness (QED) is 0.708. The molecule has 2 rings (SSSR count). The standard InChI is InChI=1S/C11H23N3S2/c1-12-7-9-13(10-8-12)11-3-5-14(6-4-11)16(2)15/h11H,3-10H2,1-2H3. The SMILES string of the molecule is CN1CCN(C2CCN(S(C)=S)CC2)CC1. The van der Waals surface area contributed by atoms with Crippen LogP contribution in [-0.4, -0.2) is 72.7 Å². The molecule has 1 atom stereocenters. The van der Waals surface area contributed by atoms with Gasteiger partial charge in [0.1, 0.15) is 0 Å². The maximum absolute atomic E-state index is 5.34. The van der Waals surface area contributed by atoms with Gasteiger partial charge >= 0.3 is 0 Å². The summed E-state index contributed by atoms with van der Waals surface area (Å²) in [6, 6.07) is 0.823. The molecule has 0 aromatic carbocycles. The maximum Gasteiger partial charge on any atom is 0.0121 e. The highest BCUT2D eigenvalue weighted by molar-refractivity contribution is 8.27. The summed E-state index contributed by atoms with van der Waals surface area (Å²) < 4.78 is 2.46. The van der Waals surface area contributed by atoms with E-state index in [9.17, 15) is 0 Å². The van der Waals surface area contributed by atoms with Crippen LogP contribution in [-0.2, 0) is 20.8 Å². The molecule has 0 spiro atoms. The number of piperazine rings is 1. The molecule has 1 unspecified atom stereocenters. The number of rotatable bonds is 2. The zero-order chi connectivity index (χ0) is 11.5. The monoisotopic (exact) mass is 261 g/mol. The molecular weight excluding hydrogens is 238 g/mol. The fraction of sp³-hybridized carbons (Fsp3) is 1.00. The van der Waals surface area contributed by atoms with Gasteiger partial charge in [0.05, 0.1) is 0 Å². The molecule has 2 heterocycles. The highest BCUT2D eigenvalue weighted by atomic mass is 32.8. The third kappa shape index (κ3) is 3.23. The minimum atomic E-state index is 0.0623. The van der Waals surface area contributed by atoms with Gasteiger partial charge in [0.15, 0.2) is 0 Å². The van der Waals surface area contributed by atoms with Crippen LogP contribution in [0.2, 0.25) is 0 Å². The number of likely N-dealkylation sites (N-methyl/N-ethyl adjacent to an activating group) is 1. The molecule has 2 saturated heterocycles. The van der Waals surface area contributed by atoms with E-state index in [1.807, 2.05) is 0 Å². The van der Waals surface area contributed by atoms with Crippen molar-refractivity contribution < 1.29 is 0 Å². The highest BCUT2D eigenvalue weighted by Gasteiger charge is 2.26. The predicted octanol–water partition coefficient (Wildman–Crippen LogP) is 0.323. The largest absolute Gasteiger partial charge is 0.304 e. The first-order valence-corrected chi connectivity index (χ1v) is 8.69. The molecule has 0 aromatic heterocycles. The zero-order valence-electron chi connectivity index (χ0n) is 10.4. The summed E-state index contributed by atoms with van der Waals surface area (Å²) in [6.45, 7) is 7.40. The predicted molar refractivity (Wildman–Crippen MR) is 74.3 cm³/mol. The van der Waals surface area contributed by atoms with Crippen molar-refractivity contribution in [3.05, 3.63) is 0 Å². The minimum absolute atomic E-state index is 0.0623. The van der Waals surface area contributed by atoms with Crippen LogP contribution >= 0.6 is 0 Å². The van der Waals surface area contributed by atoms with Gasteiger partial charge < -0.3 is 4.90 Å². The van der Waals surface area contributed by atoms with E-state index in [1.165, 1.54) is 52.1 Å². The lowest BCUT2D eigenvalue weighted by atomic mass is 10.0. The van der Waals surface area contributed by atoms with Gasteiger partial charge in [-0.1, -0.05) is 9.64 Å². The molecule has 3 nitrogen and oxygen atoms in total. The van der Waals surface area contributed by atoms with Crippen LogP contribution in [0, 0.1) is 0 Å². The average molecular weight is 261 g/mol. The Balaban J connectivity index is 1.78. The Kier molecular flexibility index (Phi) is 4.73. The van der Waals surface area contributed by atoms with E-state index < -0.39 is 0 Å².